The number of hydrogen-bond donors (Lipinski definition) is 2. The molecule has 0 radical (unpaired) electrons. The number of nitrogens with one attached hydrogen (secondary N) is 2. The van der Waals surface area contributed by atoms with Crippen LogP contribution < -0.4 is 10.9 Å². The van der Waals surface area contributed by atoms with Crippen molar-refractivity contribution in [3.05, 3.63) is 44.0 Å². The molecule has 0 aliphatic rings. The highest BCUT2D eigenvalue weighted by molar-refractivity contribution is 7.09. The summed E-state index contributed by atoms with van der Waals surface area (Å²) < 4.78 is 0. The van der Waals surface area contributed by atoms with E-state index in [9.17, 15) is 4.79 Å². The number of rotatable bonds is 4. The van der Waals surface area contributed by atoms with E-state index in [1.54, 1.807) is 11.3 Å². The summed E-state index contributed by atoms with van der Waals surface area (Å²) in [7, 11) is 0. The summed E-state index contributed by atoms with van der Waals surface area (Å²) in [4.78, 5) is 12.4. The summed E-state index contributed by atoms with van der Waals surface area (Å²) in [6.07, 6.45) is 2.42. The molecule has 0 aliphatic heterocycles. The second-order valence-corrected chi connectivity index (χ2v) is 4.59. The number of hydrogen-bond acceptors (Lipinski definition) is 4. The lowest BCUT2D eigenvalue weighted by molar-refractivity contribution is 0.973. The molecule has 2 N–H and O–H groups in total. The van der Waals surface area contributed by atoms with Crippen LogP contribution >= 0.6 is 22.9 Å². The lowest BCUT2D eigenvalue weighted by atomic mass is 10.3. The maximum atomic E-state index is 11.1. The van der Waals surface area contributed by atoms with Crippen LogP contribution in [0.4, 0.5) is 5.69 Å². The van der Waals surface area contributed by atoms with E-state index in [0.717, 1.165) is 13.0 Å². The number of thiophene rings is 1. The van der Waals surface area contributed by atoms with E-state index >= 15 is 0 Å². The van der Waals surface area contributed by atoms with Crippen LogP contribution in [0.15, 0.2) is 28.5 Å². The number of halogens is 1. The summed E-state index contributed by atoms with van der Waals surface area (Å²) in [5, 5.41) is 11.2. The molecule has 6 heteroatoms. The van der Waals surface area contributed by atoms with Crippen molar-refractivity contribution in [2.75, 3.05) is 11.9 Å². The van der Waals surface area contributed by atoms with Gasteiger partial charge >= 0.3 is 0 Å². The Bertz CT molecular complexity index is 509. The first kappa shape index (κ1) is 11.2. The number of aromatic nitrogens is 2. The van der Waals surface area contributed by atoms with Crippen molar-refractivity contribution < 1.29 is 0 Å². The fourth-order valence-corrected chi connectivity index (χ4v) is 2.15. The Morgan fingerprint density at radius 1 is 1.56 bits per heavy atom. The van der Waals surface area contributed by atoms with E-state index < -0.39 is 0 Å². The van der Waals surface area contributed by atoms with Crippen LogP contribution in [-0.2, 0) is 6.42 Å². The third-order valence-electron chi connectivity index (χ3n) is 2.06. The first-order valence-corrected chi connectivity index (χ1v) is 6.02. The number of aromatic amines is 1. The van der Waals surface area contributed by atoms with Crippen LogP contribution in [0, 0.1) is 0 Å². The average molecular weight is 256 g/mol. The Morgan fingerprint density at radius 3 is 3.19 bits per heavy atom. The molecule has 0 amide bonds. The van der Waals surface area contributed by atoms with Crippen LogP contribution in [-0.4, -0.2) is 16.7 Å². The molecule has 0 atom stereocenters. The van der Waals surface area contributed by atoms with Crippen molar-refractivity contribution >= 4 is 28.6 Å². The van der Waals surface area contributed by atoms with Crippen LogP contribution in [0.2, 0.25) is 5.02 Å². The SMILES string of the molecule is O=c1[nH]ncc(NCCc2cccs2)c1Cl. The van der Waals surface area contributed by atoms with Crippen molar-refractivity contribution in [3.8, 4) is 0 Å². The molecule has 84 valence electrons. The number of H-pyrrole nitrogens is 1. The molecule has 4 nitrogen and oxygen atoms in total. The van der Waals surface area contributed by atoms with Gasteiger partial charge in [-0.2, -0.15) is 5.10 Å². The fourth-order valence-electron chi connectivity index (χ4n) is 1.28. The van der Waals surface area contributed by atoms with E-state index in [-0.39, 0.29) is 10.6 Å². The van der Waals surface area contributed by atoms with Gasteiger partial charge in [0.2, 0.25) is 0 Å². The molecule has 0 fully saturated rings. The Labute approximate surface area is 101 Å². The van der Waals surface area contributed by atoms with Crippen molar-refractivity contribution in [1.29, 1.82) is 0 Å². The molecule has 2 heterocycles. The van der Waals surface area contributed by atoms with Gasteiger partial charge in [0.1, 0.15) is 5.02 Å². The molecule has 2 aromatic heterocycles. The van der Waals surface area contributed by atoms with Crippen LogP contribution in [0.3, 0.4) is 0 Å². The van der Waals surface area contributed by atoms with Gasteiger partial charge in [0.15, 0.2) is 0 Å². The van der Waals surface area contributed by atoms with Crippen LogP contribution in [0.25, 0.3) is 0 Å². The quantitative estimate of drug-likeness (QED) is 0.880. The maximum absolute atomic E-state index is 11.1. The second-order valence-electron chi connectivity index (χ2n) is 3.18. The van der Waals surface area contributed by atoms with Crippen molar-refractivity contribution in [2.45, 2.75) is 6.42 Å². The van der Waals surface area contributed by atoms with Gasteiger partial charge in [-0.25, -0.2) is 5.10 Å². The minimum absolute atomic E-state index is 0.154. The van der Waals surface area contributed by atoms with Gasteiger partial charge in [0.05, 0.1) is 11.9 Å². The van der Waals surface area contributed by atoms with Crippen molar-refractivity contribution in [2.24, 2.45) is 0 Å². The Kier molecular flexibility index (Phi) is 3.58. The molecular formula is C10H10ClN3OS. The molecule has 0 saturated heterocycles. The molecular weight excluding hydrogens is 246 g/mol. The van der Waals surface area contributed by atoms with E-state index in [2.05, 4.69) is 21.6 Å². The lowest BCUT2D eigenvalue weighted by Crippen LogP contribution is -2.13. The topological polar surface area (TPSA) is 57.8 Å². The van der Waals surface area contributed by atoms with Crippen LogP contribution in [0.5, 0.6) is 0 Å². The molecule has 16 heavy (non-hydrogen) atoms. The zero-order valence-electron chi connectivity index (χ0n) is 8.37. The number of nitrogens with zero attached hydrogens (tertiary/aromatic N) is 1. The molecule has 0 bridgehead atoms. The molecule has 0 aromatic carbocycles. The third-order valence-corrected chi connectivity index (χ3v) is 3.37. The smallest absolute Gasteiger partial charge is 0.285 e. The molecule has 0 aliphatic carbocycles. The standard InChI is InChI=1S/C10H10ClN3OS/c11-9-8(6-13-14-10(9)15)12-4-3-7-2-1-5-16-7/h1-2,5-6H,3-4H2,(H2,12,14,15). The van der Waals surface area contributed by atoms with Gasteiger partial charge in [-0.15, -0.1) is 11.3 Å². The minimum atomic E-state index is -0.372. The van der Waals surface area contributed by atoms with E-state index in [4.69, 9.17) is 11.6 Å². The third kappa shape index (κ3) is 2.62. The van der Waals surface area contributed by atoms with E-state index in [1.807, 2.05) is 11.4 Å². The normalized spacial score (nSPS) is 10.3. The van der Waals surface area contributed by atoms with Crippen LogP contribution in [0.1, 0.15) is 4.88 Å². The highest BCUT2D eigenvalue weighted by Gasteiger charge is 2.03. The molecule has 2 aromatic rings. The summed E-state index contributed by atoms with van der Waals surface area (Å²) in [5.41, 5.74) is 0.199. The molecule has 2 rings (SSSR count). The largest absolute Gasteiger partial charge is 0.382 e. The zero-order valence-corrected chi connectivity index (χ0v) is 9.94. The lowest BCUT2D eigenvalue weighted by Gasteiger charge is -2.05. The number of anilines is 1. The van der Waals surface area contributed by atoms with Gasteiger partial charge < -0.3 is 5.32 Å². The van der Waals surface area contributed by atoms with Gasteiger partial charge in [0, 0.05) is 11.4 Å². The molecule has 0 spiro atoms. The maximum Gasteiger partial charge on any atom is 0.285 e. The van der Waals surface area contributed by atoms with E-state index in [1.165, 1.54) is 11.1 Å². The average Bonchev–Trinajstić information content (AvgIpc) is 2.77. The Morgan fingerprint density at radius 2 is 2.44 bits per heavy atom. The van der Waals surface area contributed by atoms with E-state index in [0.29, 0.717) is 5.69 Å². The van der Waals surface area contributed by atoms with Gasteiger partial charge in [-0.3, -0.25) is 4.79 Å². The summed E-state index contributed by atoms with van der Waals surface area (Å²) >= 11 is 7.52. The highest BCUT2D eigenvalue weighted by Crippen LogP contribution is 2.15. The Balaban J connectivity index is 1.95. The first-order chi connectivity index (χ1) is 7.77. The predicted molar refractivity (Wildman–Crippen MR) is 66.4 cm³/mol. The first-order valence-electron chi connectivity index (χ1n) is 4.77. The minimum Gasteiger partial charge on any atom is -0.382 e. The highest BCUT2D eigenvalue weighted by atomic mass is 35.5. The second kappa shape index (κ2) is 5.14. The molecule has 0 saturated carbocycles. The molecule has 0 unspecified atom stereocenters. The summed E-state index contributed by atoms with van der Waals surface area (Å²) in [6.45, 7) is 0.728. The predicted octanol–water partition coefficient (Wildman–Crippen LogP) is 2.14. The van der Waals surface area contributed by atoms with Gasteiger partial charge in [0.25, 0.3) is 5.56 Å². The Hall–Kier alpha value is -1.33. The fraction of sp³-hybridized carbons (Fsp3) is 0.200. The van der Waals surface area contributed by atoms with Gasteiger partial charge in [-0.1, -0.05) is 17.7 Å². The zero-order chi connectivity index (χ0) is 11.4. The van der Waals surface area contributed by atoms with Gasteiger partial charge in [-0.05, 0) is 17.9 Å². The van der Waals surface area contributed by atoms with Crippen molar-refractivity contribution in [1.82, 2.24) is 10.2 Å². The summed E-state index contributed by atoms with van der Waals surface area (Å²) in [5.74, 6) is 0. The monoisotopic (exact) mass is 255 g/mol. The summed E-state index contributed by atoms with van der Waals surface area (Å²) in [6, 6.07) is 4.09. The van der Waals surface area contributed by atoms with Crippen molar-refractivity contribution in [3.63, 3.8) is 0 Å².